The van der Waals surface area contributed by atoms with Crippen molar-refractivity contribution in [1.82, 2.24) is 14.8 Å². The van der Waals surface area contributed by atoms with E-state index in [0.29, 0.717) is 12.5 Å². The largest absolute Gasteiger partial charge is 0.388 e. The Morgan fingerprint density at radius 2 is 1.93 bits per heavy atom. The van der Waals surface area contributed by atoms with E-state index in [9.17, 15) is 9.50 Å². The minimum Gasteiger partial charge on any atom is -0.388 e. The zero-order valence-electron chi connectivity index (χ0n) is 16.6. The summed E-state index contributed by atoms with van der Waals surface area (Å²) in [5.41, 5.74) is 4.94. The summed E-state index contributed by atoms with van der Waals surface area (Å²) in [5.74, 6) is -0.260. The van der Waals surface area contributed by atoms with E-state index >= 15 is 0 Å². The molecular formula is C24H28FN3O. The number of halogens is 1. The van der Waals surface area contributed by atoms with Gasteiger partial charge >= 0.3 is 0 Å². The van der Waals surface area contributed by atoms with Crippen LogP contribution in [0.3, 0.4) is 0 Å². The van der Waals surface area contributed by atoms with Crippen molar-refractivity contribution < 1.29 is 9.50 Å². The zero-order chi connectivity index (χ0) is 19.8. The number of aromatic nitrogens is 1. The van der Waals surface area contributed by atoms with Crippen LogP contribution in [0.2, 0.25) is 0 Å². The van der Waals surface area contributed by atoms with Gasteiger partial charge in [-0.15, -0.1) is 0 Å². The number of nitrogens with zero attached hydrogens (tertiary/aromatic N) is 2. The molecule has 2 aliphatic rings. The first-order valence-electron chi connectivity index (χ1n) is 10.7. The van der Waals surface area contributed by atoms with Crippen molar-refractivity contribution in [3.63, 3.8) is 0 Å². The molecular weight excluding hydrogens is 365 g/mol. The Morgan fingerprint density at radius 1 is 1.10 bits per heavy atom. The Morgan fingerprint density at radius 3 is 2.79 bits per heavy atom. The van der Waals surface area contributed by atoms with Gasteiger partial charge in [-0.1, -0.05) is 30.3 Å². The van der Waals surface area contributed by atoms with Gasteiger partial charge in [0.15, 0.2) is 0 Å². The molecule has 0 bridgehead atoms. The second-order valence-electron chi connectivity index (χ2n) is 8.47. The monoisotopic (exact) mass is 393 g/mol. The van der Waals surface area contributed by atoms with Gasteiger partial charge in [-0.25, -0.2) is 4.39 Å². The first-order valence-corrected chi connectivity index (χ1v) is 10.7. The molecule has 0 aliphatic carbocycles. The van der Waals surface area contributed by atoms with Crippen LogP contribution in [0.1, 0.15) is 35.8 Å². The topological polar surface area (TPSA) is 42.5 Å². The number of nitrogens with one attached hydrogen (secondary N) is 1. The van der Waals surface area contributed by atoms with Gasteiger partial charge in [0, 0.05) is 48.8 Å². The number of rotatable bonds is 5. The van der Waals surface area contributed by atoms with Crippen molar-refractivity contribution in [2.75, 3.05) is 26.2 Å². The number of aromatic amines is 1. The number of aliphatic hydroxyl groups is 1. The minimum absolute atomic E-state index is 0.260. The fourth-order valence-corrected chi connectivity index (χ4v) is 4.98. The molecule has 3 heterocycles. The summed E-state index contributed by atoms with van der Waals surface area (Å²) in [7, 11) is 0. The number of benzene rings is 2. The molecule has 5 heteroatoms. The molecule has 2 atom stereocenters. The molecule has 0 radical (unpaired) electrons. The molecule has 152 valence electrons. The van der Waals surface area contributed by atoms with Crippen LogP contribution >= 0.6 is 0 Å². The summed E-state index contributed by atoms with van der Waals surface area (Å²) in [4.78, 5) is 8.77. The highest BCUT2D eigenvalue weighted by atomic mass is 19.1. The minimum atomic E-state index is -0.514. The highest BCUT2D eigenvalue weighted by Crippen LogP contribution is 2.31. The third kappa shape index (κ3) is 3.82. The van der Waals surface area contributed by atoms with E-state index in [-0.39, 0.29) is 5.82 Å². The maximum absolute atomic E-state index is 13.0. The van der Waals surface area contributed by atoms with Gasteiger partial charge in [0.2, 0.25) is 0 Å². The predicted molar refractivity (Wildman–Crippen MR) is 113 cm³/mol. The summed E-state index contributed by atoms with van der Waals surface area (Å²) in [6.07, 6.45) is 2.25. The predicted octanol–water partition coefficient (Wildman–Crippen LogP) is 3.86. The number of hydrogen-bond donors (Lipinski definition) is 2. The quantitative estimate of drug-likeness (QED) is 0.692. The second-order valence-corrected chi connectivity index (χ2v) is 8.47. The Bertz CT molecular complexity index is 983. The van der Waals surface area contributed by atoms with Crippen molar-refractivity contribution in [1.29, 1.82) is 0 Å². The third-order valence-corrected chi connectivity index (χ3v) is 6.60. The number of fused-ring (bicyclic) bond motifs is 4. The van der Waals surface area contributed by atoms with Crippen LogP contribution in [0, 0.1) is 5.82 Å². The highest BCUT2D eigenvalue weighted by molar-refractivity contribution is 5.84. The summed E-state index contributed by atoms with van der Waals surface area (Å²) in [6.45, 7) is 5.29. The summed E-state index contributed by atoms with van der Waals surface area (Å²) >= 11 is 0. The molecule has 5 rings (SSSR count). The van der Waals surface area contributed by atoms with Crippen LogP contribution in [-0.2, 0) is 13.0 Å². The van der Waals surface area contributed by atoms with Crippen LogP contribution in [0.5, 0.6) is 0 Å². The standard InChI is InChI=1S/C24H28FN3O/c25-18-9-7-17(8-10-18)24(29)6-3-11-27-12-13-28-16-23-21(14-19(28)15-27)20-4-1-2-5-22(20)26-23/h1-2,4-5,7-10,19,24,26,29H,3,6,11-16H2/t19-,24?/m0/s1. The lowest BCUT2D eigenvalue weighted by Crippen LogP contribution is -2.55. The second kappa shape index (κ2) is 7.90. The number of aliphatic hydroxyl groups excluding tert-OH is 1. The average Bonchev–Trinajstić information content (AvgIpc) is 3.10. The van der Waals surface area contributed by atoms with E-state index in [2.05, 4.69) is 39.0 Å². The average molecular weight is 394 g/mol. The van der Waals surface area contributed by atoms with E-state index in [1.807, 2.05) is 0 Å². The maximum atomic E-state index is 13.0. The first kappa shape index (κ1) is 18.8. The third-order valence-electron chi connectivity index (χ3n) is 6.60. The summed E-state index contributed by atoms with van der Waals surface area (Å²) in [5, 5.41) is 11.7. The van der Waals surface area contributed by atoms with Crippen LogP contribution in [0.15, 0.2) is 48.5 Å². The SMILES string of the molecule is OC(CCCN1CCN2Cc3[nH]c4ccccc4c3C[C@H]2C1)c1ccc(F)cc1. The zero-order valence-corrected chi connectivity index (χ0v) is 16.6. The first-order chi connectivity index (χ1) is 14.2. The highest BCUT2D eigenvalue weighted by Gasteiger charge is 2.33. The number of H-pyrrole nitrogens is 1. The summed E-state index contributed by atoms with van der Waals surface area (Å²) in [6, 6.07) is 15.4. The number of para-hydroxylation sites is 1. The van der Waals surface area contributed by atoms with Gasteiger partial charge in [0.25, 0.3) is 0 Å². The van der Waals surface area contributed by atoms with Gasteiger partial charge in [-0.3, -0.25) is 4.90 Å². The Hall–Kier alpha value is -2.21. The van der Waals surface area contributed by atoms with Crippen molar-refractivity contribution in [3.8, 4) is 0 Å². The molecule has 0 spiro atoms. The molecule has 1 unspecified atom stereocenters. The van der Waals surface area contributed by atoms with Crippen LogP contribution in [-0.4, -0.2) is 52.1 Å². The van der Waals surface area contributed by atoms with Crippen molar-refractivity contribution in [3.05, 3.63) is 71.2 Å². The fraction of sp³-hybridized carbons (Fsp3) is 0.417. The molecule has 2 aliphatic heterocycles. The molecule has 1 saturated heterocycles. The maximum Gasteiger partial charge on any atom is 0.123 e. The molecule has 2 N–H and O–H groups in total. The van der Waals surface area contributed by atoms with Gasteiger partial charge in [-0.05, 0) is 55.1 Å². The van der Waals surface area contributed by atoms with Gasteiger partial charge in [-0.2, -0.15) is 0 Å². The lowest BCUT2D eigenvalue weighted by atomic mass is 9.94. The smallest absolute Gasteiger partial charge is 0.123 e. The van der Waals surface area contributed by atoms with E-state index in [1.54, 1.807) is 12.1 Å². The van der Waals surface area contributed by atoms with E-state index in [0.717, 1.165) is 51.1 Å². The molecule has 3 aromatic rings. The number of piperazine rings is 1. The fourth-order valence-electron chi connectivity index (χ4n) is 4.98. The Balaban J connectivity index is 1.17. The van der Waals surface area contributed by atoms with E-state index in [1.165, 1.54) is 34.3 Å². The normalized spacial score (nSPS) is 21.1. The number of hydrogen-bond acceptors (Lipinski definition) is 3. The molecule has 2 aromatic carbocycles. The lowest BCUT2D eigenvalue weighted by molar-refractivity contribution is 0.0563. The Labute approximate surface area is 170 Å². The van der Waals surface area contributed by atoms with Crippen LogP contribution in [0.4, 0.5) is 4.39 Å². The van der Waals surface area contributed by atoms with Crippen molar-refractivity contribution >= 4 is 10.9 Å². The molecule has 4 nitrogen and oxygen atoms in total. The molecule has 29 heavy (non-hydrogen) atoms. The Kier molecular flexibility index (Phi) is 5.12. The molecule has 0 amide bonds. The lowest BCUT2D eigenvalue weighted by Gasteiger charge is -2.44. The van der Waals surface area contributed by atoms with Crippen LogP contribution < -0.4 is 0 Å². The van der Waals surface area contributed by atoms with Gasteiger partial charge < -0.3 is 15.0 Å². The van der Waals surface area contributed by atoms with Crippen molar-refractivity contribution in [2.45, 2.75) is 38.0 Å². The molecule has 0 saturated carbocycles. The summed E-state index contributed by atoms with van der Waals surface area (Å²) < 4.78 is 13.0. The molecule has 1 fully saturated rings. The van der Waals surface area contributed by atoms with Gasteiger partial charge in [0.05, 0.1) is 6.10 Å². The van der Waals surface area contributed by atoms with E-state index < -0.39 is 6.10 Å². The van der Waals surface area contributed by atoms with Crippen LogP contribution in [0.25, 0.3) is 10.9 Å². The molecule has 1 aromatic heterocycles. The van der Waals surface area contributed by atoms with Crippen molar-refractivity contribution in [2.24, 2.45) is 0 Å². The van der Waals surface area contributed by atoms with E-state index in [4.69, 9.17) is 0 Å². The van der Waals surface area contributed by atoms with Gasteiger partial charge in [0.1, 0.15) is 5.82 Å².